The highest BCUT2D eigenvalue weighted by Crippen LogP contribution is 2.29. The highest BCUT2D eigenvalue weighted by molar-refractivity contribution is 5.92. The molecule has 0 spiro atoms. The van der Waals surface area contributed by atoms with Gasteiger partial charge in [-0.05, 0) is 48.1 Å². The fourth-order valence-corrected chi connectivity index (χ4v) is 2.86. The van der Waals surface area contributed by atoms with Gasteiger partial charge in [-0.2, -0.15) is 0 Å². The molecule has 2 aromatic rings. The van der Waals surface area contributed by atoms with Crippen LogP contribution in [-0.4, -0.2) is 18.0 Å². The van der Waals surface area contributed by atoms with Gasteiger partial charge in [0.1, 0.15) is 11.4 Å². The maximum atomic E-state index is 11.7. The average molecular weight is 312 g/mol. The lowest BCUT2D eigenvalue weighted by molar-refractivity contribution is 0.0994. The van der Waals surface area contributed by atoms with Crippen LogP contribution in [0.5, 0.6) is 5.75 Å². The van der Waals surface area contributed by atoms with Gasteiger partial charge in [0.05, 0.1) is 7.11 Å². The third kappa shape index (κ3) is 4.55. The number of benzene rings is 1. The predicted octanol–water partition coefficient (Wildman–Crippen LogP) is 3.71. The lowest BCUT2D eigenvalue weighted by Gasteiger charge is -2.19. The quantitative estimate of drug-likeness (QED) is 0.808. The Kier molecular flexibility index (Phi) is 6.15. The van der Waals surface area contributed by atoms with E-state index in [2.05, 4.69) is 18.0 Å². The van der Waals surface area contributed by atoms with Gasteiger partial charge in [-0.3, -0.25) is 9.78 Å². The van der Waals surface area contributed by atoms with Crippen molar-refractivity contribution in [3.05, 3.63) is 59.4 Å². The Balaban J connectivity index is 2.31. The second-order valence-electron chi connectivity index (χ2n) is 5.70. The van der Waals surface area contributed by atoms with Gasteiger partial charge >= 0.3 is 0 Å². The van der Waals surface area contributed by atoms with E-state index in [1.54, 1.807) is 13.3 Å². The molecule has 1 aromatic carbocycles. The van der Waals surface area contributed by atoms with Gasteiger partial charge in [0.2, 0.25) is 0 Å². The van der Waals surface area contributed by atoms with Gasteiger partial charge in [0, 0.05) is 6.20 Å². The lowest BCUT2D eigenvalue weighted by Crippen LogP contribution is -2.18. The lowest BCUT2D eigenvalue weighted by atomic mass is 9.86. The molecule has 0 saturated carbocycles. The summed E-state index contributed by atoms with van der Waals surface area (Å²) in [5, 5.41) is 0. The molecule has 0 fully saturated rings. The number of nitrogens with two attached hydrogens (primary N) is 1. The van der Waals surface area contributed by atoms with Crippen molar-refractivity contribution in [3.63, 3.8) is 0 Å². The van der Waals surface area contributed by atoms with Crippen molar-refractivity contribution >= 4 is 5.91 Å². The summed E-state index contributed by atoms with van der Waals surface area (Å²) in [6.07, 6.45) is 5.66. The summed E-state index contributed by atoms with van der Waals surface area (Å²) in [5.74, 6) is 0.601. The van der Waals surface area contributed by atoms with E-state index in [9.17, 15) is 4.79 Å². The zero-order chi connectivity index (χ0) is 16.7. The molecule has 4 nitrogen and oxygen atoms in total. The number of ether oxygens (including phenoxy) is 1. The number of primary amides is 1. The molecule has 2 rings (SSSR count). The van der Waals surface area contributed by atoms with Crippen LogP contribution in [0.15, 0.2) is 42.6 Å². The Morgan fingerprint density at radius 3 is 2.83 bits per heavy atom. The van der Waals surface area contributed by atoms with Crippen molar-refractivity contribution in [1.29, 1.82) is 0 Å². The van der Waals surface area contributed by atoms with Crippen LogP contribution in [0.3, 0.4) is 0 Å². The van der Waals surface area contributed by atoms with Crippen LogP contribution in [0.1, 0.15) is 53.7 Å². The molecule has 1 atom stereocenters. The first kappa shape index (κ1) is 17.0. The number of amides is 1. The molecule has 1 amide bonds. The number of aromatic nitrogens is 1. The maximum Gasteiger partial charge on any atom is 0.267 e. The zero-order valence-electron chi connectivity index (χ0n) is 13.8. The van der Waals surface area contributed by atoms with E-state index >= 15 is 0 Å². The largest absolute Gasteiger partial charge is 0.497 e. The van der Waals surface area contributed by atoms with Crippen molar-refractivity contribution in [2.75, 3.05) is 7.11 Å². The standard InChI is InChI=1S/C19H24N2O2/c1-3-4-8-15(12-14-7-5-9-16(13-14)23-2)17-10-6-11-21-18(17)19(20)22/h5-7,9-11,13,15H,3-4,8,12H2,1-2H3,(H2,20,22). The molecular weight excluding hydrogens is 288 g/mol. The number of unbranched alkanes of at least 4 members (excludes halogenated alkanes) is 1. The third-order valence-electron chi connectivity index (χ3n) is 4.03. The first-order valence-electron chi connectivity index (χ1n) is 8.03. The number of hydrogen-bond donors (Lipinski definition) is 1. The summed E-state index contributed by atoms with van der Waals surface area (Å²) in [6.45, 7) is 2.17. The fraction of sp³-hybridized carbons (Fsp3) is 0.368. The van der Waals surface area contributed by atoms with Gasteiger partial charge in [-0.25, -0.2) is 0 Å². The average Bonchev–Trinajstić information content (AvgIpc) is 2.58. The Hall–Kier alpha value is -2.36. The van der Waals surface area contributed by atoms with E-state index in [0.717, 1.165) is 37.0 Å². The van der Waals surface area contributed by atoms with Crippen LogP contribution in [0.25, 0.3) is 0 Å². The molecule has 0 radical (unpaired) electrons. The van der Waals surface area contributed by atoms with Crippen molar-refractivity contribution in [1.82, 2.24) is 4.98 Å². The number of pyridine rings is 1. The first-order valence-corrected chi connectivity index (χ1v) is 8.03. The van der Waals surface area contributed by atoms with Gasteiger partial charge in [0.15, 0.2) is 0 Å². The minimum absolute atomic E-state index is 0.221. The summed E-state index contributed by atoms with van der Waals surface area (Å²) in [4.78, 5) is 15.9. The Labute approximate surface area is 137 Å². The molecule has 1 aromatic heterocycles. The maximum absolute atomic E-state index is 11.7. The SMILES string of the molecule is CCCCC(Cc1cccc(OC)c1)c1cccnc1C(N)=O. The minimum atomic E-state index is -0.465. The monoisotopic (exact) mass is 312 g/mol. The van der Waals surface area contributed by atoms with Crippen molar-refractivity contribution < 1.29 is 9.53 Å². The number of methoxy groups -OCH3 is 1. The van der Waals surface area contributed by atoms with E-state index < -0.39 is 5.91 Å². The number of carbonyl (C=O) groups is 1. The van der Waals surface area contributed by atoms with E-state index in [-0.39, 0.29) is 5.92 Å². The summed E-state index contributed by atoms with van der Waals surface area (Å²) in [5.41, 5.74) is 8.01. The van der Waals surface area contributed by atoms with E-state index in [0.29, 0.717) is 5.69 Å². The topological polar surface area (TPSA) is 65.2 Å². The van der Waals surface area contributed by atoms with Crippen LogP contribution in [-0.2, 0) is 6.42 Å². The highest BCUT2D eigenvalue weighted by atomic mass is 16.5. The number of nitrogens with zero attached hydrogens (tertiary/aromatic N) is 1. The molecule has 122 valence electrons. The molecular formula is C19H24N2O2. The van der Waals surface area contributed by atoms with Gasteiger partial charge in [-0.1, -0.05) is 38.0 Å². The summed E-state index contributed by atoms with van der Waals surface area (Å²) >= 11 is 0. The van der Waals surface area contributed by atoms with Crippen LogP contribution in [0.4, 0.5) is 0 Å². The second-order valence-corrected chi connectivity index (χ2v) is 5.70. The Bertz CT molecular complexity index is 655. The second kappa shape index (κ2) is 8.32. The van der Waals surface area contributed by atoms with Crippen LogP contribution < -0.4 is 10.5 Å². The molecule has 1 heterocycles. The fourth-order valence-electron chi connectivity index (χ4n) is 2.86. The smallest absolute Gasteiger partial charge is 0.267 e. The number of carbonyl (C=O) groups excluding carboxylic acids is 1. The molecule has 0 aliphatic carbocycles. The molecule has 4 heteroatoms. The minimum Gasteiger partial charge on any atom is -0.497 e. The van der Waals surface area contributed by atoms with Crippen LogP contribution in [0, 0.1) is 0 Å². The van der Waals surface area contributed by atoms with E-state index in [1.807, 2.05) is 30.3 Å². The molecule has 23 heavy (non-hydrogen) atoms. The number of hydrogen-bond acceptors (Lipinski definition) is 3. The molecule has 0 bridgehead atoms. The Morgan fingerprint density at radius 2 is 2.13 bits per heavy atom. The molecule has 1 unspecified atom stereocenters. The van der Waals surface area contributed by atoms with Gasteiger partial charge in [0.25, 0.3) is 5.91 Å². The number of rotatable bonds is 8. The van der Waals surface area contributed by atoms with Crippen LogP contribution in [0.2, 0.25) is 0 Å². The Morgan fingerprint density at radius 1 is 1.30 bits per heavy atom. The normalized spacial score (nSPS) is 11.9. The molecule has 2 N–H and O–H groups in total. The van der Waals surface area contributed by atoms with Gasteiger partial charge in [-0.15, -0.1) is 0 Å². The van der Waals surface area contributed by atoms with Crippen LogP contribution >= 0.6 is 0 Å². The van der Waals surface area contributed by atoms with E-state index in [4.69, 9.17) is 10.5 Å². The molecule has 0 aliphatic rings. The first-order chi connectivity index (χ1) is 11.2. The predicted molar refractivity (Wildman–Crippen MR) is 91.7 cm³/mol. The molecule has 0 saturated heterocycles. The third-order valence-corrected chi connectivity index (χ3v) is 4.03. The van der Waals surface area contributed by atoms with Crippen molar-refractivity contribution in [3.8, 4) is 5.75 Å². The summed E-state index contributed by atoms with van der Waals surface area (Å²) in [7, 11) is 1.67. The summed E-state index contributed by atoms with van der Waals surface area (Å²) in [6, 6.07) is 11.9. The molecule has 0 aliphatic heterocycles. The van der Waals surface area contributed by atoms with Crippen molar-refractivity contribution in [2.45, 2.75) is 38.5 Å². The summed E-state index contributed by atoms with van der Waals surface area (Å²) < 4.78 is 5.30. The van der Waals surface area contributed by atoms with Crippen molar-refractivity contribution in [2.24, 2.45) is 5.73 Å². The highest BCUT2D eigenvalue weighted by Gasteiger charge is 2.19. The zero-order valence-corrected chi connectivity index (χ0v) is 13.8. The van der Waals surface area contributed by atoms with E-state index in [1.165, 1.54) is 5.56 Å². The van der Waals surface area contributed by atoms with Gasteiger partial charge < -0.3 is 10.5 Å².